The van der Waals surface area contributed by atoms with Crippen molar-refractivity contribution in [2.75, 3.05) is 46.0 Å². The molecular formula is C30H38N4O6. The maximum absolute atomic E-state index is 13.7. The van der Waals surface area contributed by atoms with Crippen molar-refractivity contribution in [3.8, 4) is 5.75 Å². The number of fused-ring (bicyclic) bond motifs is 3. The maximum atomic E-state index is 13.7. The molecular weight excluding hydrogens is 512 g/mol. The lowest BCUT2D eigenvalue weighted by Crippen LogP contribution is -2.37. The topological polar surface area (TPSA) is 110 Å². The third kappa shape index (κ3) is 5.93. The Morgan fingerprint density at radius 1 is 1.15 bits per heavy atom. The summed E-state index contributed by atoms with van der Waals surface area (Å²) in [6.45, 7) is 14.8. The van der Waals surface area contributed by atoms with Crippen LogP contribution in [0.2, 0.25) is 0 Å². The lowest BCUT2D eigenvalue weighted by Gasteiger charge is -2.29. The highest BCUT2D eigenvalue weighted by Gasteiger charge is 2.39. The molecule has 10 heteroatoms. The van der Waals surface area contributed by atoms with Gasteiger partial charge in [0, 0.05) is 55.8 Å². The number of aryl methyl sites for hydroxylation is 1. The molecule has 0 radical (unpaired) electrons. The Balaban J connectivity index is 1.34. The normalized spacial score (nSPS) is 17.4. The van der Waals surface area contributed by atoms with E-state index < -0.39 is 11.4 Å². The Morgan fingerprint density at radius 3 is 2.58 bits per heavy atom. The highest BCUT2D eigenvalue weighted by atomic mass is 16.5. The number of carbonyl (C=O) groups is 2. The predicted molar refractivity (Wildman–Crippen MR) is 150 cm³/mol. The number of carbonyl (C=O) groups excluding carboxylic acids is 2. The van der Waals surface area contributed by atoms with Gasteiger partial charge in [-0.05, 0) is 44.5 Å². The molecule has 1 N–H and O–H groups in total. The van der Waals surface area contributed by atoms with Gasteiger partial charge in [0.25, 0.3) is 5.91 Å². The second-order valence-corrected chi connectivity index (χ2v) is 11.3. The van der Waals surface area contributed by atoms with Crippen molar-refractivity contribution in [3.05, 3.63) is 53.2 Å². The van der Waals surface area contributed by atoms with E-state index >= 15 is 0 Å². The van der Waals surface area contributed by atoms with Gasteiger partial charge in [0.15, 0.2) is 17.1 Å². The summed E-state index contributed by atoms with van der Waals surface area (Å²) in [4.78, 5) is 38.6. The lowest BCUT2D eigenvalue weighted by atomic mass is 9.83. The quantitative estimate of drug-likeness (QED) is 0.327. The molecule has 0 spiro atoms. The first-order valence-electron chi connectivity index (χ1n) is 13.9. The zero-order valence-electron chi connectivity index (χ0n) is 23.9. The van der Waals surface area contributed by atoms with Crippen molar-refractivity contribution in [1.82, 2.24) is 19.8 Å². The van der Waals surface area contributed by atoms with Gasteiger partial charge in [-0.15, -0.1) is 0 Å². The van der Waals surface area contributed by atoms with Crippen LogP contribution >= 0.6 is 0 Å². The smallest absolute Gasteiger partial charge is 0.342 e. The molecule has 2 aliphatic heterocycles. The van der Waals surface area contributed by atoms with Gasteiger partial charge < -0.3 is 28.5 Å². The lowest BCUT2D eigenvalue weighted by molar-refractivity contribution is -0.140. The SMILES string of the molecule is Cc1nc2[nH]c3c(c2o1)C(C)(C)CN(C(=O)c1ccc(OCCCN2CCOCC2)cc1)C=C3C(=O)OC(C)C. The van der Waals surface area contributed by atoms with Crippen LogP contribution in [0.1, 0.15) is 61.6 Å². The van der Waals surface area contributed by atoms with Crippen molar-refractivity contribution in [2.24, 2.45) is 0 Å². The van der Waals surface area contributed by atoms with Crippen LogP contribution < -0.4 is 4.74 Å². The van der Waals surface area contributed by atoms with E-state index in [-0.39, 0.29) is 17.6 Å². The zero-order valence-corrected chi connectivity index (χ0v) is 23.9. The molecule has 0 aliphatic carbocycles. The van der Waals surface area contributed by atoms with Crippen molar-refractivity contribution < 1.29 is 28.2 Å². The molecule has 2 aliphatic rings. The average molecular weight is 551 g/mol. The fraction of sp³-hybridized carbons (Fsp3) is 0.500. The summed E-state index contributed by atoms with van der Waals surface area (Å²) >= 11 is 0. The monoisotopic (exact) mass is 550 g/mol. The summed E-state index contributed by atoms with van der Waals surface area (Å²) in [6.07, 6.45) is 2.18. The van der Waals surface area contributed by atoms with Crippen molar-refractivity contribution in [1.29, 1.82) is 0 Å². The zero-order chi connectivity index (χ0) is 28.4. The number of aromatic amines is 1. The molecule has 1 aromatic carbocycles. The molecule has 214 valence electrons. The molecule has 2 aromatic heterocycles. The van der Waals surface area contributed by atoms with E-state index in [1.54, 1.807) is 44.0 Å². The molecule has 1 amide bonds. The van der Waals surface area contributed by atoms with Crippen LogP contribution in [0.15, 0.2) is 34.9 Å². The Morgan fingerprint density at radius 2 is 1.88 bits per heavy atom. The minimum Gasteiger partial charge on any atom is -0.494 e. The van der Waals surface area contributed by atoms with E-state index in [4.69, 9.17) is 18.6 Å². The highest BCUT2D eigenvalue weighted by Crippen LogP contribution is 2.41. The van der Waals surface area contributed by atoms with Crippen LogP contribution in [-0.2, 0) is 19.7 Å². The van der Waals surface area contributed by atoms with Gasteiger partial charge in [-0.1, -0.05) is 13.8 Å². The number of hydrogen-bond donors (Lipinski definition) is 1. The summed E-state index contributed by atoms with van der Waals surface area (Å²) in [7, 11) is 0. The number of amides is 1. The average Bonchev–Trinajstić information content (AvgIpc) is 3.41. The minimum absolute atomic E-state index is 0.225. The van der Waals surface area contributed by atoms with Crippen LogP contribution in [0.3, 0.4) is 0 Å². The largest absolute Gasteiger partial charge is 0.494 e. The van der Waals surface area contributed by atoms with Crippen molar-refractivity contribution in [2.45, 2.75) is 52.6 Å². The number of nitrogens with zero attached hydrogens (tertiary/aromatic N) is 3. The van der Waals surface area contributed by atoms with Gasteiger partial charge in [-0.25, -0.2) is 4.79 Å². The van der Waals surface area contributed by atoms with E-state index in [2.05, 4.69) is 14.9 Å². The summed E-state index contributed by atoms with van der Waals surface area (Å²) in [6, 6.07) is 7.14. The number of H-pyrrole nitrogens is 1. The molecule has 5 rings (SSSR count). The first-order chi connectivity index (χ1) is 19.1. The van der Waals surface area contributed by atoms with E-state index in [0.717, 1.165) is 44.8 Å². The van der Waals surface area contributed by atoms with Crippen LogP contribution in [0.4, 0.5) is 0 Å². The third-order valence-electron chi connectivity index (χ3n) is 7.17. The van der Waals surface area contributed by atoms with Crippen molar-refractivity contribution in [3.63, 3.8) is 0 Å². The number of rotatable bonds is 8. The number of morpholine rings is 1. The number of benzene rings is 1. The van der Waals surface area contributed by atoms with Crippen LogP contribution in [0.5, 0.6) is 5.75 Å². The fourth-order valence-corrected chi connectivity index (χ4v) is 5.32. The van der Waals surface area contributed by atoms with Gasteiger partial charge in [0.2, 0.25) is 0 Å². The number of nitrogens with one attached hydrogen (secondary N) is 1. The van der Waals surface area contributed by atoms with Gasteiger partial charge in [-0.3, -0.25) is 9.69 Å². The number of hydrogen-bond acceptors (Lipinski definition) is 8. The molecule has 1 saturated heterocycles. The summed E-state index contributed by atoms with van der Waals surface area (Å²) in [5, 5.41) is 0. The highest BCUT2D eigenvalue weighted by molar-refractivity contribution is 6.18. The number of aromatic nitrogens is 2. The first kappa shape index (κ1) is 27.9. The molecule has 40 heavy (non-hydrogen) atoms. The molecule has 1 fully saturated rings. The van der Waals surface area contributed by atoms with Gasteiger partial charge in [0.05, 0.1) is 37.2 Å². The Kier molecular flexibility index (Phi) is 8.00. The van der Waals surface area contributed by atoms with Crippen LogP contribution in [0.25, 0.3) is 16.8 Å². The second-order valence-electron chi connectivity index (χ2n) is 11.3. The first-order valence-corrected chi connectivity index (χ1v) is 13.9. The Labute approximate surface area is 234 Å². The van der Waals surface area contributed by atoms with E-state index in [1.807, 2.05) is 26.0 Å². The van der Waals surface area contributed by atoms with Gasteiger partial charge in [0.1, 0.15) is 5.75 Å². The van der Waals surface area contributed by atoms with Crippen LogP contribution in [0, 0.1) is 6.92 Å². The predicted octanol–water partition coefficient (Wildman–Crippen LogP) is 4.29. The molecule has 3 aromatic rings. The third-order valence-corrected chi connectivity index (χ3v) is 7.17. The molecule has 0 saturated carbocycles. The van der Waals surface area contributed by atoms with E-state index in [9.17, 15) is 9.59 Å². The van der Waals surface area contributed by atoms with Gasteiger partial charge in [-0.2, -0.15) is 4.98 Å². The van der Waals surface area contributed by atoms with Gasteiger partial charge >= 0.3 is 5.97 Å². The molecule has 0 bridgehead atoms. The molecule has 4 heterocycles. The summed E-state index contributed by atoms with van der Waals surface area (Å²) in [5.74, 6) is 0.491. The van der Waals surface area contributed by atoms with E-state index in [1.165, 1.54) is 0 Å². The second kappa shape index (κ2) is 11.5. The number of ether oxygens (including phenoxy) is 3. The molecule has 0 unspecified atom stereocenters. The number of esters is 1. The van der Waals surface area contributed by atoms with E-state index in [0.29, 0.717) is 47.3 Å². The Hall–Kier alpha value is -3.63. The standard InChI is InChI=1S/C30H38N4O6/c1-19(2)39-29(36)23-17-34(18-30(4,5)24-25(23)32-27-26(24)40-20(3)31-27)28(35)21-7-9-22(10-8-21)38-14-6-11-33-12-15-37-16-13-33/h7-10,17,19,32H,6,11-16,18H2,1-5H3. The Bertz CT molecular complexity index is 1400. The maximum Gasteiger partial charge on any atom is 0.342 e. The number of oxazole rings is 1. The summed E-state index contributed by atoms with van der Waals surface area (Å²) < 4.78 is 22.8. The summed E-state index contributed by atoms with van der Waals surface area (Å²) in [5.41, 5.74) is 2.71. The van der Waals surface area contributed by atoms with Crippen LogP contribution in [-0.4, -0.2) is 83.7 Å². The molecule has 10 nitrogen and oxygen atoms in total. The molecule has 0 atom stereocenters. The minimum atomic E-state index is -0.560. The fourth-order valence-electron chi connectivity index (χ4n) is 5.32. The van der Waals surface area contributed by atoms with Crippen molar-refractivity contribution >= 4 is 28.7 Å².